The molecular formula is C12H10F2N2O2. The number of hydrogen-bond donors (Lipinski definition) is 1. The number of halogens is 2. The molecular weight excluding hydrogens is 242 g/mol. The topological polar surface area (TPSA) is 59.1 Å². The molecule has 2 rings (SSSR count). The molecule has 4 nitrogen and oxygen atoms in total. The van der Waals surface area contributed by atoms with E-state index in [-0.39, 0.29) is 11.3 Å². The standard InChI is InChI=1S/C12H10F2N2O2/c1-6(14)8(4-13)10-11(17)7-2-3-15-5-9(7)16-12(10)18/h2-3,5,10H,4H2,1H3,(H,16,18)/b8-6-. The first-order valence-electron chi connectivity index (χ1n) is 5.26. The van der Waals surface area contributed by atoms with Gasteiger partial charge in [0.05, 0.1) is 17.7 Å². The monoisotopic (exact) mass is 252 g/mol. The van der Waals surface area contributed by atoms with Crippen LogP contribution in [0.1, 0.15) is 17.3 Å². The second kappa shape index (κ2) is 4.64. The van der Waals surface area contributed by atoms with Crippen molar-refractivity contribution in [2.24, 2.45) is 5.92 Å². The summed E-state index contributed by atoms with van der Waals surface area (Å²) in [6.45, 7) is -0.149. The first-order chi connectivity index (χ1) is 8.56. The Morgan fingerprint density at radius 3 is 2.83 bits per heavy atom. The number of alkyl halides is 1. The summed E-state index contributed by atoms with van der Waals surface area (Å²) >= 11 is 0. The third-order valence-corrected chi connectivity index (χ3v) is 2.80. The smallest absolute Gasteiger partial charge is 0.239 e. The summed E-state index contributed by atoms with van der Waals surface area (Å²) in [6, 6.07) is 1.41. The summed E-state index contributed by atoms with van der Waals surface area (Å²) < 4.78 is 25.9. The molecule has 0 spiro atoms. The van der Waals surface area contributed by atoms with Gasteiger partial charge in [0, 0.05) is 17.3 Å². The summed E-state index contributed by atoms with van der Waals surface area (Å²) in [5.74, 6) is -3.62. The van der Waals surface area contributed by atoms with Crippen LogP contribution in [0.25, 0.3) is 0 Å². The number of rotatable bonds is 2. The van der Waals surface area contributed by atoms with Gasteiger partial charge in [-0.1, -0.05) is 0 Å². The van der Waals surface area contributed by atoms with Gasteiger partial charge in [0.1, 0.15) is 12.6 Å². The SMILES string of the molecule is C/C(F)=C(\CF)C1C(=O)Nc2cnccc2C1=O. The number of aromatic nitrogens is 1. The Morgan fingerprint density at radius 2 is 2.22 bits per heavy atom. The lowest BCUT2D eigenvalue weighted by Gasteiger charge is -2.24. The summed E-state index contributed by atoms with van der Waals surface area (Å²) in [4.78, 5) is 27.6. The van der Waals surface area contributed by atoms with Gasteiger partial charge in [0.25, 0.3) is 0 Å². The molecule has 1 aromatic rings. The van der Waals surface area contributed by atoms with E-state index in [2.05, 4.69) is 10.3 Å². The third kappa shape index (κ3) is 1.90. The quantitative estimate of drug-likeness (QED) is 0.819. The average molecular weight is 252 g/mol. The molecule has 0 fully saturated rings. The van der Waals surface area contributed by atoms with E-state index in [4.69, 9.17) is 0 Å². The molecule has 18 heavy (non-hydrogen) atoms. The van der Waals surface area contributed by atoms with Crippen molar-refractivity contribution in [1.29, 1.82) is 0 Å². The minimum atomic E-state index is -1.44. The van der Waals surface area contributed by atoms with E-state index in [0.717, 1.165) is 6.92 Å². The van der Waals surface area contributed by atoms with Crippen molar-refractivity contribution < 1.29 is 18.4 Å². The number of amides is 1. The highest BCUT2D eigenvalue weighted by atomic mass is 19.1. The van der Waals surface area contributed by atoms with Crippen molar-refractivity contribution in [3.63, 3.8) is 0 Å². The molecule has 1 atom stereocenters. The Morgan fingerprint density at radius 1 is 1.50 bits per heavy atom. The highest BCUT2D eigenvalue weighted by Gasteiger charge is 2.38. The molecule has 0 radical (unpaired) electrons. The van der Waals surface area contributed by atoms with Crippen molar-refractivity contribution in [2.45, 2.75) is 6.92 Å². The number of hydrogen-bond acceptors (Lipinski definition) is 3. The van der Waals surface area contributed by atoms with Crippen LogP contribution in [0.3, 0.4) is 0 Å². The zero-order valence-electron chi connectivity index (χ0n) is 9.54. The minimum absolute atomic E-state index is 0.210. The number of pyridine rings is 1. The Kier molecular flexibility index (Phi) is 3.18. The van der Waals surface area contributed by atoms with Crippen LogP contribution in [0.2, 0.25) is 0 Å². The number of ketones is 1. The number of carbonyl (C=O) groups excluding carboxylic acids is 2. The summed E-state index contributed by atoms with van der Waals surface area (Å²) in [5.41, 5.74) is 0.0419. The molecule has 0 saturated heterocycles. The highest BCUT2D eigenvalue weighted by Crippen LogP contribution is 2.30. The van der Waals surface area contributed by atoms with Crippen LogP contribution in [0, 0.1) is 5.92 Å². The van der Waals surface area contributed by atoms with E-state index >= 15 is 0 Å². The Bertz CT molecular complexity index is 551. The number of carbonyl (C=O) groups is 2. The third-order valence-electron chi connectivity index (χ3n) is 2.80. The maximum Gasteiger partial charge on any atom is 0.239 e. The lowest BCUT2D eigenvalue weighted by atomic mass is 9.86. The summed E-state index contributed by atoms with van der Waals surface area (Å²) in [5, 5.41) is 2.42. The average Bonchev–Trinajstić information content (AvgIpc) is 2.34. The Labute approximate surface area is 102 Å². The van der Waals surface area contributed by atoms with E-state index in [1.807, 2.05) is 0 Å². The van der Waals surface area contributed by atoms with Gasteiger partial charge in [-0.2, -0.15) is 0 Å². The van der Waals surface area contributed by atoms with Gasteiger partial charge in [0.15, 0.2) is 5.78 Å². The molecule has 1 aliphatic rings. The zero-order chi connectivity index (χ0) is 13.3. The molecule has 94 valence electrons. The van der Waals surface area contributed by atoms with Gasteiger partial charge in [-0.15, -0.1) is 0 Å². The predicted molar refractivity (Wildman–Crippen MR) is 60.5 cm³/mol. The Hall–Kier alpha value is -2.11. The maximum absolute atomic E-state index is 13.2. The number of nitrogens with one attached hydrogen (secondary N) is 1. The molecule has 0 bridgehead atoms. The number of fused-ring (bicyclic) bond motifs is 1. The van der Waals surface area contributed by atoms with Crippen LogP contribution in [-0.2, 0) is 4.79 Å². The fourth-order valence-corrected chi connectivity index (χ4v) is 1.87. The largest absolute Gasteiger partial charge is 0.323 e. The van der Waals surface area contributed by atoms with E-state index in [1.54, 1.807) is 0 Å². The zero-order valence-corrected chi connectivity index (χ0v) is 9.54. The first-order valence-corrected chi connectivity index (χ1v) is 5.26. The number of nitrogens with zero attached hydrogens (tertiary/aromatic N) is 1. The van der Waals surface area contributed by atoms with Crippen LogP contribution in [-0.4, -0.2) is 23.3 Å². The molecule has 6 heteroatoms. The van der Waals surface area contributed by atoms with Crippen LogP contribution >= 0.6 is 0 Å². The normalized spacial score (nSPS) is 20.1. The summed E-state index contributed by atoms with van der Waals surface area (Å²) in [6.07, 6.45) is 2.70. The van der Waals surface area contributed by atoms with Crippen LogP contribution in [0.15, 0.2) is 29.9 Å². The second-order valence-corrected chi connectivity index (χ2v) is 3.90. The van der Waals surface area contributed by atoms with E-state index in [0.29, 0.717) is 0 Å². The molecule has 1 N–H and O–H groups in total. The van der Waals surface area contributed by atoms with Gasteiger partial charge >= 0.3 is 0 Å². The molecule has 1 unspecified atom stereocenters. The molecule has 1 aromatic heterocycles. The fraction of sp³-hybridized carbons (Fsp3) is 0.250. The Balaban J connectivity index is 2.51. The lowest BCUT2D eigenvalue weighted by Crippen LogP contribution is -2.37. The first kappa shape index (κ1) is 12.3. The number of Topliss-reactive ketones (excluding diaryl/α,β-unsaturated/α-hetero) is 1. The van der Waals surface area contributed by atoms with Crippen molar-refractivity contribution >= 4 is 17.4 Å². The van der Waals surface area contributed by atoms with Gasteiger partial charge < -0.3 is 5.32 Å². The lowest BCUT2D eigenvalue weighted by molar-refractivity contribution is -0.118. The molecule has 1 aliphatic heterocycles. The molecule has 0 aromatic carbocycles. The van der Waals surface area contributed by atoms with Crippen molar-refractivity contribution in [2.75, 3.05) is 12.0 Å². The number of anilines is 1. The minimum Gasteiger partial charge on any atom is -0.323 e. The van der Waals surface area contributed by atoms with Gasteiger partial charge in [-0.25, -0.2) is 8.78 Å². The van der Waals surface area contributed by atoms with E-state index in [9.17, 15) is 18.4 Å². The van der Waals surface area contributed by atoms with E-state index < -0.39 is 35.7 Å². The summed E-state index contributed by atoms with van der Waals surface area (Å²) in [7, 11) is 0. The van der Waals surface area contributed by atoms with Crippen molar-refractivity contribution in [1.82, 2.24) is 4.98 Å². The second-order valence-electron chi connectivity index (χ2n) is 3.90. The maximum atomic E-state index is 13.2. The van der Waals surface area contributed by atoms with Gasteiger partial charge in [-0.05, 0) is 13.0 Å². The highest BCUT2D eigenvalue weighted by molar-refractivity contribution is 6.22. The fourth-order valence-electron chi connectivity index (χ4n) is 1.87. The van der Waals surface area contributed by atoms with E-state index in [1.165, 1.54) is 18.5 Å². The van der Waals surface area contributed by atoms with Crippen LogP contribution in [0.4, 0.5) is 14.5 Å². The molecule has 2 heterocycles. The molecule has 0 aliphatic carbocycles. The van der Waals surface area contributed by atoms with Crippen molar-refractivity contribution in [3.8, 4) is 0 Å². The van der Waals surface area contributed by atoms with Crippen LogP contribution < -0.4 is 5.32 Å². The van der Waals surface area contributed by atoms with Gasteiger partial charge in [-0.3, -0.25) is 14.6 Å². The predicted octanol–water partition coefficient (Wildman–Crippen LogP) is 2.05. The van der Waals surface area contributed by atoms with Gasteiger partial charge in [0.2, 0.25) is 5.91 Å². The van der Waals surface area contributed by atoms with Crippen LogP contribution in [0.5, 0.6) is 0 Å². The number of allylic oxidation sites excluding steroid dienone is 1. The molecule has 0 saturated carbocycles. The molecule has 1 amide bonds. The van der Waals surface area contributed by atoms with Crippen molar-refractivity contribution in [3.05, 3.63) is 35.4 Å².